The van der Waals surface area contributed by atoms with Crippen LogP contribution >= 0.6 is 34.8 Å². The SMILES string of the molecule is Cc1cc(C)n(C(=O)c2c(Cl)cc(Cl)cc2Cl)n1. The monoisotopic (exact) mass is 302 g/mol. The molecule has 0 N–H and O–H groups in total. The molecule has 94 valence electrons. The van der Waals surface area contributed by atoms with E-state index in [0.717, 1.165) is 11.4 Å². The van der Waals surface area contributed by atoms with Crippen molar-refractivity contribution in [2.75, 3.05) is 0 Å². The smallest absolute Gasteiger partial charge is 0.267 e. The van der Waals surface area contributed by atoms with Gasteiger partial charge in [-0.25, -0.2) is 4.68 Å². The Kier molecular flexibility index (Phi) is 3.66. The minimum absolute atomic E-state index is 0.203. The van der Waals surface area contributed by atoms with E-state index in [9.17, 15) is 4.79 Å². The summed E-state index contributed by atoms with van der Waals surface area (Å²) in [4.78, 5) is 12.3. The van der Waals surface area contributed by atoms with Crippen LogP contribution in [0.2, 0.25) is 15.1 Å². The van der Waals surface area contributed by atoms with Gasteiger partial charge < -0.3 is 0 Å². The maximum atomic E-state index is 12.3. The Morgan fingerprint density at radius 3 is 2.11 bits per heavy atom. The first-order valence-corrected chi connectivity index (χ1v) is 6.26. The molecule has 0 aliphatic rings. The second-order valence-corrected chi connectivity index (χ2v) is 5.14. The lowest BCUT2D eigenvalue weighted by atomic mass is 10.2. The fourth-order valence-corrected chi connectivity index (χ4v) is 2.67. The van der Waals surface area contributed by atoms with Crippen molar-refractivity contribution < 1.29 is 4.79 Å². The van der Waals surface area contributed by atoms with Crippen LogP contribution in [0.15, 0.2) is 18.2 Å². The number of aryl methyl sites for hydroxylation is 2. The van der Waals surface area contributed by atoms with Gasteiger partial charge >= 0.3 is 0 Å². The zero-order chi connectivity index (χ0) is 13.4. The summed E-state index contributed by atoms with van der Waals surface area (Å²) in [6, 6.07) is 4.76. The lowest BCUT2D eigenvalue weighted by Crippen LogP contribution is -2.16. The summed E-state index contributed by atoms with van der Waals surface area (Å²) < 4.78 is 1.27. The van der Waals surface area contributed by atoms with E-state index >= 15 is 0 Å². The lowest BCUT2D eigenvalue weighted by Gasteiger charge is -2.08. The molecule has 0 bridgehead atoms. The maximum Gasteiger partial charge on any atom is 0.281 e. The normalized spacial score (nSPS) is 10.7. The third-order valence-electron chi connectivity index (χ3n) is 2.42. The highest BCUT2D eigenvalue weighted by atomic mass is 35.5. The number of nitrogens with zero attached hydrogens (tertiary/aromatic N) is 2. The summed E-state index contributed by atoms with van der Waals surface area (Å²) >= 11 is 17.8. The Hall–Kier alpha value is -1.03. The zero-order valence-corrected chi connectivity index (χ0v) is 11.9. The predicted octanol–water partition coefficient (Wildman–Crippen LogP) is 4.15. The van der Waals surface area contributed by atoms with Gasteiger partial charge in [-0.3, -0.25) is 4.79 Å². The van der Waals surface area contributed by atoms with E-state index in [1.165, 1.54) is 16.8 Å². The van der Waals surface area contributed by atoms with Crippen LogP contribution in [0.3, 0.4) is 0 Å². The Balaban J connectivity index is 2.56. The van der Waals surface area contributed by atoms with Gasteiger partial charge in [0, 0.05) is 10.7 Å². The van der Waals surface area contributed by atoms with Gasteiger partial charge in [0.25, 0.3) is 5.91 Å². The first-order chi connectivity index (χ1) is 8.40. The third-order valence-corrected chi connectivity index (χ3v) is 3.24. The molecule has 3 nitrogen and oxygen atoms in total. The minimum Gasteiger partial charge on any atom is -0.267 e. The largest absolute Gasteiger partial charge is 0.281 e. The van der Waals surface area contributed by atoms with E-state index < -0.39 is 0 Å². The molecule has 2 aromatic rings. The quantitative estimate of drug-likeness (QED) is 0.793. The van der Waals surface area contributed by atoms with E-state index in [0.29, 0.717) is 5.02 Å². The summed E-state index contributed by atoms with van der Waals surface area (Å²) in [5.41, 5.74) is 1.68. The number of carbonyl (C=O) groups is 1. The fraction of sp³-hybridized carbons (Fsp3) is 0.167. The summed E-state index contributed by atoms with van der Waals surface area (Å²) in [6.45, 7) is 3.59. The van der Waals surface area contributed by atoms with Crippen LogP contribution in [0, 0.1) is 13.8 Å². The third kappa shape index (κ3) is 2.39. The molecule has 0 spiro atoms. The first kappa shape index (κ1) is 13.4. The van der Waals surface area contributed by atoms with Crippen LogP contribution in [0.5, 0.6) is 0 Å². The summed E-state index contributed by atoms with van der Waals surface area (Å²) in [5, 5.41) is 4.92. The number of carbonyl (C=O) groups excluding carboxylic acids is 1. The van der Waals surface area contributed by atoms with E-state index in [4.69, 9.17) is 34.8 Å². The maximum absolute atomic E-state index is 12.3. The summed E-state index contributed by atoms with van der Waals surface area (Å²) in [6.07, 6.45) is 0. The summed E-state index contributed by atoms with van der Waals surface area (Å²) in [5.74, 6) is -0.368. The van der Waals surface area contributed by atoms with Gasteiger partial charge in [-0.15, -0.1) is 0 Å². The van der Waals surface area contributed by atoms with Crippen molar-refractivity contribution >= 4 is 40.7 Å². The molecule has 0 unspecified atom stereocenters. The molecule has 0 radical (unpaired) electrons. The minimum atomic E-state index is -0.368. The Morgan fingerprint density at radius 2 is 1.67 bits per heavy atom. The Labute approximate surface area is 119 Å². The Morgan fingerprint density at radius 1 is 1.11 bits per heavy atom. The van der Waals surface area contributed by atoms with Gasteiger partial charge in [-0.2, -0.15) is 5.10 Å². The van der Waals surface area contributed by atoms with Gasteiger partial charge in [0.15, 0.2) is 0 Å². The lowest BCUT2D eigenvalue weighted by molar-refractivity contribution is 0.0942. The van der Waals surface area contributed by atoms with E-state index in [-0.39, 0.29) is 21.5 Å². The Bertz CT molecular complexity index is 611. The van der Waals surface area contributed by atoms with E-state index in [1.807, 2.05) is 6.92 Å². The topological polar surface area (TPSA) is 34.9 Å². The molecule has 0 aliphatic heterocycles. The molecule has 2 rings (SSSR count). The van der Waals surface area contributed by atoms with Crippen molar-refractivity contribution in [3.05, 3.63) is 50.2 Å². The fourth-order valence-electron chi connectivity index (χ4n) is 1.69. The number of hydrogen-bond acceptors (Lipinski definition) is 2. The van der Waals surface area contributed by atoms with Crippen molar-refractivity contribution in [1.29, 1.82) is 0 Å². The van der Waals surface area contributed by atoms with Crippen molar-refractivity contribution in [2.45, 2.75) is 13.8 Å². The standard InChI is InChI=1S/C12H9Cl3N2O/c1-6-3-7(2)17(16-6)12(18)11-9(14)4-8(13)5-10(11)15/h3-5H,1-2H3. The molecule has 0 saturated carbocycles. The van der Waals surface area contributed by atoms with Crippen LogP contribution in [-0.2, 0) is 0 Å². The zero-order valence-electron chi connectivity index (χ0n) is 9.67. The van der Waals surface area contributed by atoms with Crippen LogP contribution in [0.25, 0.3) is 0 Å². The molecular formula is C12H9Cl3N2O. The highest BCUT2D eigenvalue weighted by molar-refractivity contribution is 6.42. The van der Waals surface area contributed by atoms with Crippen LogP contribution in [0.4, 0.5) is 0 Å². The van der Waals surface area contributed by atoms with Crippen LogP contribution < -0.4 is 0 Å². The van der Waals surface area contributed by atoms with Crippen LogP contribution in [-0.4, -0.2) is 15.7 Å². The average Bonchev–Trinajstić information content (AvgIpc) is 2.56. The molecular weight excluding hydrogens is 295 g/mol. The molecule has 1 aromatic heterocycles. The number of aromatic nitrogens is 2. The van der Waals surface area contributed by atoms with Gasteiger partial charge in [-0.05, 0) is 32.0 Å². The van der Waals surface area contributed by atoms with E-state index in [2.05, 4.69) is 5.10 Å². The van der Waals surface area contributed by atoms with Gasteiger partial charge in [-0.1, -0.05) is 34.8 Å². The average molecular weight is 304 g/mol. The van der Waals surface area contributed by atoms with E-state index in [1.54, 1.807) is 13.0 Å². The molecule has 0 saturated heterocycles. The molecule has 6 heteroatoms. The molecule has 0 fully saturated rings. The van der Waals surface area contributed by atoms with Gasteiger partial charge in [0.05, 0.1) is 21.3 Å². The highest BCUT2D eigenvalue weighted by Crippen LogP contribution is 2.29. The molecule has 0 aliphatic carbocycles. The number of benzene rings is 1. The molecule has 0 amide bonds. The molecule has 18 heavy (non-hydrogen) atoms. The second kappa shape index (κ2) is 4.92. The van der Waals surface area contributed by atoms with Crippen molar-refractivity contribution in [3.8, 4) is 0 Å². The second-order valence-electron chi connectivity index (χ2n) is 3.89. The van der Waals surface area contributed by atoms with Crippen molar-refractivity contribution in [3.63, 3.8) is 0 Å². The number of halogens is 3. The predicted molar refractivity (Wildman–Crippen MR) is 72.9 cm³/mol. The molecule has 1 aromatic carbocycles. The highest BCUT2D eigenvalue weighted by Gasteiger charge is 2.19. The van der Waals surface area contributed by atoms with Crippen molar-refractivity contribution in [2.24, 2.45) is 0 Å². The summed E-state index contributed by atoms with van der Waals surface area (Å²) in [7, 11) is 0. The van der Waals surface area contributed by atoms with Crippen molar-refractivity contribution in [1.82, 2.24) is 9.78 Å². The first-order valence-electron chi connectivity index (χ1n) is 5.12. The number of hydrogen-bond donors (Lipinski definition) is 0. The number of rotatable bonds is 1. The van der Waals surface area contributed by atoms with Gasteiger partial charge in [0.1, 0.15) is 0 Å². The van der Waals surface area contributed by atoms with Gasteiger partial charge in [0.2, 0.25) is 0 Å². The molecule has 1 heterocycles. The van der Waals surface area contributed by atoms with Crippen LogP contribution in [0.1, 0.15) is 21.7 Å². The molecule has 0 atom stereocenters.